The van der Waals surface area contributed by atoms with Gasteiger partial charge >= 0.3 is 0 Å². The third-order valence-electron chi connectivity index (χ3n) is 2.03. The van der Waals surface area contributed by atoms with E-state index in [1.54, 1.807) is 6.20 Å². The first kappa shape index (κ1) is 10.2. The van der Waals surface area contributed by atoms with Crippen LogP contribution in [0.15, 0.2) is 18.3 Å². The highest BCUT2D eigenvalue weighted by Gasteiger charge is 2.05. The lowest BCUT2D eigenvalue weighted by Gasteiger charge is -2.08. The van der Waals surface area contributed by atoms with Gasteiger partial charge in [-0.15, -0.1) is 0 Å². The minimum absolute atomic E-state index is 0.469. The molecule has 1 unspecified atom stereocenters. The van der Waals surface area contributed by atoms with E-state index in [1.807, 2.05) is 12.1 Å². The second kappa shape index (κ2) is 4.94. The molecule has 0 aliphatic heterocycles. The van der Waals surface area contributed by atoms with Crippen molar-refractivity contribution in [2.75, 3.05) is 6.54 Å². The van der Waals surface area contributed by atoms with Crippen molar-refractivity contribution in [1.82, 2.24) is 4.98 Å². The highest BCUT2D eigenvalue weighted by Crippen LogP contribution is 2.14. The number of rotatable bonds is 4. The third kappa shape index (κ3) is 2.79. The quantitative estimate of drug-likeness (QED) is 0.727. The molecule has 3 N–H and O–H groups in total. The van der Waals surface area contributed by atoms with Crippen LogP contribution in [0.25, 0.3) is 0 Å². The van der Waals surface area contributed by atoms with Gasteiger partial charge in [-0.25, -0.2) is 0 Å². The number of hydrogen-bond acceptors (Lipinski definition) is 3. The van der Waals surface area contributed by atoms with Crippen molar-refractivity contribution in [3.05, 3.63) is 29.6 Å². The largest absolute Gasteiger partial charge is 0.388 e. The lowest BCUT2D eigenvalue weighted by atomic mass is 10.1. The van der Waals surface area contributed by atoms with Gasteiger partial charge in [0.1, 0.15) is 0 Å². The number of nitrogens with two attached hydrogens (primary N) is 1. The van der Waals surface area contributed by atoms with Gasteiger partial charge in [-0.3, -0.25) is 4.98 Å². The van der Waals surface area contributed by atoms with Gasteiger partial charge in [0, 0.05) is 11.9 Å². The Hall–Kier alpha value is -0.930. The topological polar surface area (TPSA) is 59.1 Å². The molecule has 0 aliphatic rings. The van der Waals surface area contributed by atoms with Crippen molar-refractivity contribution in [3.8, 4) is 0 Å². The predicted molar refractivity (Wildman–Crippen MR) is 52.2 cm³/mol. The number of aryl methyl sites for hydroxylation is 1. The van der Waals surface area contributed by atoms with Gasteiger partial charge in [0.25, 0.3) is 0 Å². The summed E-state index contributed by atoms with van der Waals surface area (Å²) in [5.74, 6) is 0. The molecule has 0 bridgehead atoms. The summed E-state index contributed by atoms with van der Waals surface area (Å²) >= 11 is 0. The number of aliphatic hydroxyl groups is 1. The maximum Gasteiger partial charge on any atom is 0.0816 e. The molecule has 0 saturated carbocycles. The lowest BCUT2D eigenvalue weighted by molar-refractivity contribution is 0.170. The molecule has 0 fully saturated rings. The fraction of sp³-hybridized carbons (Fsp3) is 0.500. The Kier molecular flexibility index (Phi) is 3.86. The van der Waals surface area contributed by atoms with E-state index in [1.165, 1.54) is 0 Å². The van der Waals surface area contributed by atoms with Crippen LogP contribution >= 0.6 is 0 Å². The van der Waals surface area contributed by atoms with Gasteiger partial charge in [-0.2, -0.15) is 0 Å². The van der Waals surface area contributed by atoms with Gasteiger partial charge in [0.2, 0.25) is 0 Å². The molecule has 0 spiro atoms. The van der Waals surface area contributed by atoms with Gasteiger partial charge in [0.05, 0.1) is 6.10 Å². The molecule has 13 heavy (non-hydrogen) atoms. The van der Waals surface area contributed by atoms with E-state index in [4.69, 9.17) is 5.73 Å². The molecule has 3 nitrogen and oxygen atoms in total. The maximum absolute atomic E-state index is 9.56. The summed E-state index contributed by atoms with van der Waals surface area (Å²) in [7, 11) is 0. The van der Waals surface area contributed by atoms with Crippen LogP contribution < -0.4 is 5.73 Å². The van der Waals surface area contributed by atoms with Crippen molar-refractivity contribution in [2.24, 2.45) is 5.73 Å². The second-order valence-corrected chi connectivity index (χ2v) is 3.03. The lowest BCUT2D eigenvalue weighted by Crippen LogP contribution is -2.07. The Balaban J connectivity index is 2.67. The van der Waals surface area contributed by atoms with Gasteiger partial charge in [-0.05, 0) is 31.0 Å². The van der Waals surface area contributed by atoms with Crippen LogP contribution in [-0.2, 0) is 6.42 Å². The number of hydrogen-bond donors (Lipinski definition) is 2. The summed E-state index contributed by atoms with van der Waals surface area (Å²) in [5.41, 5.74) is 7.24. The van der Waals surface area contributed by atoms with Crippen molar-refractivity contribution in [1.29, 1.82) is 0 Å². The van der Waals surface area contributed by atoms with E-state index in [-0.39, 0.29) is 0 Å². The average molecular weight is 180 g/mol. The molecule has 0 aliphatic carbocycles. The summed E-state index contributed by atoms with van der Waals surface area (Å²) in [6, 6.07) is 3.85. The number of nitrogens with zero attached hydrogens (tertiary/aromatic N) is 1. The first-order valence-electron chi connectivity index (χ1n) is 4.61. The Bertz CT molecular complexity index is 246. The minimum atomic E-state index is -0.469. The molecule has 1 atom stereocenters. The normalized spacial score (nSPS) is 12.8. The highest BCUT2D eigenvalue weighted by molar-refractivity contribution is 5.16. The molecule has 1 heterocycles. The monoisotopic (exact) mass is 180 g/mol. The third-order valence-corrected chi connectivity index (χ3v) is 2.03. The van der Waals surface area contributed by atoms with Crippen molar-refractivity contribution < 1.29 is 5.11 Å². The summed E-state index contributed by atoms with van der Waals surface area (Å²) in [5, 5.41) is 9.56. The average Bonchev–Trinajstić information content (AvgIpc) is 2.18. The smallest absolute Gasteiger partial charge is 0.0816 e. The van der Waals surface area contributed by atoms with Crippen LogP contribution in [0.4, 0.5) is 0 Å². The van der Waals surface area contributed by atoms with E-state index in [2.05, 4.69) is 11.9 Å². The number of pyridine rings is 1. The summed E-state index contributed by atoms with van der Waals surface area (Å²) in [6.07, 6.45) is 2.77. The molecular weight excluding hydrogens is 164 g/mol. The number of aromatic nitrogens is 1. The first-order chi connectivity index (χ1) is 6.27. The Morgan fingerprint density at radius 3 is 2.77 bits per heavy atom. The van der Waals surface area contributed by atoms with Crippen molar-refractivity contribution in [2.45, 2.75) is 25.9 Å². The van der Waals surface area contributed by atoms with Crippen LogP contribution in [0, 0.1) is 0 Å². The zero-order chi connectivity index (χ0) is 9.68. The van der Waals surface area contributed by atoms with Gasteiger partial charge in [0.15, 0.2) is 0 Å². The Labute approximate surface area is 78.6 Å². The van der Waals surface area contributed by atoms with Gasteiger partial charge in [-0.1, -0.05) is 13.0 Å². The molecule has 1 rings (SSSR count). The molecule has 0 radical (unpaired) electrons. The van der Waals surface area contributed by atoms with E-state index in [0.29, 0.717) is 13.0 Å². The predicted octanol–water partition coefficient (Wildman–Crippen LogP) is 1.03. The molecule has 0 aromatic carbocycles. The summed E-state index contributed by atoms with van der Waals surface area (Å²) in [4.78, 5) is 4.20. The molecule has 3 heteroatoms. The molecule has 72 valence electrons. The van der Waals surface area contributed by atoms with Crippen LogP contribution in [0.2, 0.25) is 0 Å². The Morgan fingerprint density at radius 2 is 2.31 bits per heavy atom. The van der Waals surface area contributed by atoms with Gasteiger partial charge < -0.3 is 10.8 Å². The van der Waals surface area contributed by atoms with E-state index in [0.717, 1.165) is 17.7 Å². The molecule has 0 saturated heterocycles. The summed E-state index contributed by atoms with van der Waals surface area (Å²) < 4.78 is 0. The maximum atomic E-state index is 9.56. The fourth-order valence-corrected chi connectivity index (χ4v) is 1.17. The zero-order valence-electron chi connectivity index (χ0n) is 7.90. The molecule has 0 amide bonds. The zero-order valence-corrected chi connectivity index (χ0v) is 7.90. The highest BCUT2D eigenvalue weighted by atomic mass is 16.3. The van der Waals surface area contributed by atoms with Crippen LogP contribution in [0.5, 0.6) is 0 Å². The number of aliphatic hydroxyl groups excluding tert-OH is 1. The van der Waals surface area contributed by atoms with Crippen molar-refractivity contribution >= 4 is 0 Å². The Morgan fingerprint density at radius 1 is 1.54 bits per heavy atom. The van der Waals surface area contributed by atoms with E-state index >= 15 is 0 Å². The van der Waals surface area contributed by atoms with Crippen LogP contribution in [0.3, 0.4) is 0 Å². The minimum Gasteiger partial charge on any atom is -0.388 e. The SMILES string of the molecule is CCc1ccc(C(O)CCN)cn1. The van der Waals surface area contributed by atoms with E-state index in [9.17, 15) is 5.11 Å². The fourth-order valence-electron chi connectivity index (χ4n) is 1.17. The first-order valence-corrected chi connectivity index (χ1v) is 4.61. The summed E-state index contributed by atoms with van der Waals surface area (Å²) in [6.45, 7) is 2.55. The standard InChI is InChI=1S/C10H16N2O/c1-2-9-4-3-8(7-12-9)10(13)5-6-11/h3-4,7,10,13H,2,5-6,11H2,1H3. The van der Waals surface area contributed by atoms with Crippen molar-refractivity contribution in [3.63, 3.8) is 0 Å². The molecule has 1 aromatic rings. The second-order valence-electron chi connectivity index (χ2n) is 3.03. The molecule has 1 aromatic heterocycles. The van der Waals surface area contributed by atoms with Crippen LogP contribution in [-0.4, -0.2) is 16.6 Å². The van der Waals surface area contributed by atoms with Crippen LogP contribution in [0.1, 0.15) is 30.7 Å². The van der Waals surface area contributed by atoms with E-state index < -0.39 is 6.10 Å². The molecular formula is C10H16N2O.